The number of halogens is 1. The predicted molar refractivity (Wildman–Crippen MR) is 107 cm³/mol. The molecule has 0 radical (unpaired) electrons. The van der Waals surface area contributed by atoms with E-state index < -0.39 is 0 Å². The molecule has 0 atom stereocenters. The van der Waals surface area contributed by atoms with E-state index in [0.717, 1.165) is 60.7 Å². The van der Waals surface area contributed by atoms with E-state index in [2.05, 4.69) is 55.5 Å². The van der Waals surface area contributed by atoms with Crippen molar-refractivity contribution in [3.05, 3.63) is 45.4 Å². The molecule has 1 aliphatic heterocycles. The van der Waals surface area contributed by atoms with Gasteiger partial charge in [0.25, 0.3) is 0 Å². The van der Waals surface area contributed by atoms with Crippen LogP contribution in [0.15, 0.2) is 34.1 Å². The van der Waals surface area contributed by atoms with E-state index in [-0.39, 0.29) is 0 Å². The lowest BCUT2D eigenvalue weighted by Crippen LogP contribution is -2.48. The SMILES string of the molecule is Cc1csc(N2CCN(C(=O)CCCCc3ccc(Br)cc3)CC2)n1. The van der Waals surface area contributed by atoms with Crippen molar-refractivity contribution in [2.24, 2.45) is 0 Å². The van der Waals surface area contributed by atoms with Gasteiger partial charge in [-0.05, 0) is 43.9 Å². The van der Waals surface area contributed by atoms with Gasteiger partial charge in [-0.2, -0.15) is 0 Å². The minimum absolute atomic E-state index is 0.297. The summed E-state index contributed by atoms with van der Waals surface area (Å²) in [5, 5.41) is 3.16. The Labute approximate surface area is 162 Å². The Balaban J connectivity index is 1.36. The van der Waals surface area contributed by atoms with Crippen LogP contribution in [-0.2, 0) is 11.2 Å². The fourth-order valence-electron chi connectivity index (χ4n) is 3.05. The molecule has 1 aromatic carbocycles. The van der Waals surface area contributed by atoms with Gasteiger partial charge in [-0.25, -0.2) is 4.98 Å². The molecule has 0 spiro atoms. The Bertz CT molecular complexity index is 693. The Morgan fingerprint density at radius 1 is 1.16 bits per heavy atom. The lowest BCUT2D eigenvalue weighted by Gasteiger charge is -2.34. The number of rotatable bonds is 6. The Kier molecular flexibility index (Phi) is 6.48. The first-order valence-electron chi connectivity index (χ1n) is 8.81. The molecular formula is C19H24BrN3OS. The molecule has 6 heteroatoms. The van der Waals surface area contributed by atoms with Crippen molar-refractivity contribution in [1.82, 2.24) is 9.88 Å². The van der Waals surface area contributed by atoms with Crippen molar-refractivity contribution in [3.63, 3.8) is 0 Å². The number of piperazine rings is 1. The van der Waals surface area contributed by atoms with Crippen LogP contribution in [0.2, 0.25) is 0 Å². The van der Waals surface area contributed by atoms with Gasteiger partial charge < -0.3 is 9.80 Å². The molecule has 0 N–H and O–H groups in total. The zero-order valence-electron chi connectivity index (χ0n) is 14.6. The van der Waals surface area contributed by atoms with Crippen LogP contribution in [0.3, 0.4) is 0 Å². The summed E-state index contributed by atoms with van der Waals surface area (Å²) >= 11 is 5.14. The quantitative estimate of drug-likeness (QED) is 0.653. The number of amides is 1. The fourth-order valence-corrected chi connectivity index (χ4v) is 4.17. The summed E-state index contributed by atoms with van der Waals surface area (Å²) in [7, 11) is 0. The Morgan fingerprint density at radius 2 is 1.88 bits per heavy atom. The van der Waals surface area contributed by atoms with Crippen LogP contribution >= 0.6 is 27.3 Å². The topological polar surface area (TPSA) is 36.4 Å². The Morgan fingerprint density at radius 3 is 2.52 bits per heavy atom. The summed E-state index contributed by atoms with van der Waals surface area (Å²) in [5.41, 5.74) is 2.41. The number of hydrogen-bond donors (Lipinski definition) is 0. The number of carbonyl (C=O) groups is 1. The highest BCUT2D eigenvalue weighted by Gasteiger charge is 2.22. The van der Waals surface area contributed by atoms with Crippen LogP contribution in [0.1, 0.15) is 30.5 Å². The molecule has 2 heterocycles. The van der Waals surface area contributed by atoms with E-state index in [1.54, 1.807) is 11.3 Å². The zero-order valence-corrected chi connectivity index (χ0v) is 17.0. The fraction of sp³-hybridized carbons (Fsp3) is 0.474. The maximum absolute atomic E-state index is 12.4. The smallest absolute Gasteiger partial charge is 0.222 e. The number of aromatic nitrogens is 1. The molecule has 1 fully saturated rings. The van der Waals surface area contributed by atoms with Gasteiger partial charge in [0.1, 0.15) is 0 Å². The number of thiazole rings is 1. The number of anilines is 1. The summed E-state index contributed by atoms with van der Waals surface area (Å²) < 4.78 is 1.11. The summed E-state index contributed by atoms with van der Waals surface area (Å²) in [4.78, 5) is 21.2. The highest BCUT2D eigenvalue weighted by atomic mass is 79.9. The number of unbranched alkanes of at least 4 members (excludes halogenated alkanes) is 1. The molecule has 25 heavy (non-hydrogen) atoms. The molecule has 2 aromatic rings. The normalized spacial score (nSPS) is 14.8. The summed E-state index contributed by atoms with van der Waals surface area (Å²) in [6.07, 6.45) is 3.72. The maximum Gasteiger partial charge on any atom is 0.222 e. The van der Waals surface area contributed by atoms with Gasteiger partial charge in [-0.3, -0.25) is 4.79 Å². The third kappa shape index (κ3) is 5.28. The molecule has 0 unspecified atom stereocenters. The highest BCUT2D eigenvalue weighted by Crippen LogP contribution is 2.21. The van der Waals surface area contributed by atoms with Crippen LogP contribution in [0.25, 0.3) is 0 Å². The maximum atomic E-state index is 12.4. The van der Waals surface area contributed by atoms with Gasteiger partial charge in [0.05, 0.1) is 5.69 Å². The molecule has 1 aliphatic rings. The highest BCUT2D eigenvalue weighted by molar-refractivity contribution is 9.10. The molecule has 4 nitrogen and oxygen atoms in total. The minimum Gasteiger partial charge on any atom is -0.345 e. The van der Waals surface area contributed by atoms with Crippen molar-refractivity contribution in [2.75, 3.05) is 31.1 Å². The van der Waals surface area contributed by atoms with E-state index in [0.29, 0.717) is 12.3 Å². The minimum atomic E-state index is 0.297. The van der Waals surface area contributed by atoms with Gasteiger partial charge in [0.15, 0.2) is 5.13 Å². The molecule has 1 amide bonds. The molecule has 0 saturated carbocycles. The van der Waals surface area contributed by atoms with Gasteiger partial charge in [0, 0.05) is 42.5 Å². The van der Waals surface area contributed by atoms with E-state index >= 15 is 0 Å². The van der Waals surface area contributed by atoms with Crippen molar-refractivity contribution in [3.8, 4) is 0 Å². The van der Waals surface area contributed by atoms with E-state index in [1.165, 1.54) is 5.56 Å². The number of carbonyl (C=O) groups excluding carboxylic acids is 1. The summed E-state index contributed by atoms with van der Waals surface area (Å²) in [6.45, 7) is 5.41. The first kappa shape index (κ1) is 18.4. The number of aryl methyl sites for hydroxylation is 2. The first-order valence-corrected chi connectivity index (χ1v) is 10.5. The van der Waals surface area contributed by atoms with Crippen molar-refractivity contribution in [2.45, 2.75) is 32.6 Å². The van der Waals surface area contributed by atoms with E-state index in [4.69, 9.17) is 0 Å². The average molecular weight is 422 g/mol. The van der Waals surface area contributed by atoms with Crippen LogP contribution < -0.4 is 4.90 Å². The molecule has 1 aromatic heterocycles. The second-order valence-corrected chi connectivity index (χ2v) is 8.23. The number of hydrogen-bond acceptors (Lipinski definition) is 4. The second kappa shape index (κ2) is 8.81. The van der Waals surface area contributed by atoms with Gasteiger partial charge in [-0.1, -0.05) is 28.1 Å². The van der Waals surface area contributed by atoms with Gasteiger partial charge in [-0.15, -0.1) is 11.3 Å². The van der Waals surface area contributed by atoms with E-state index in [9.17, 15) is 4.79 Å². The third-order valence-electron chi connectivity index (χ3n) is 4.53. The van der Waals surface area contributed by atoms with Crippen molar-refractivity contribution < 1.29 is 4.79 Å². The first-order chi connectivity index (χ1) is 12.1. The van der Waals surface area contributed by atoms with Crippen LogP contribution in [0.4, 0.5) is 5.13 Å². The standard InChI is InChI=1S/C19H24BrN3OS/c1-15-14-25-19(21-15)23-12-10-22(11-13-23)18(24)5-3-2-4-16-6-8-17(20)9-7-16/h6-9,14H,2-5,10-13H2,1H3. The average Bonchev–Trinajstić information content (AvgIpc) is 3.06. The van der Waals surface area contributed by atoms with Crippen molar-refractivity contribution in [1.29, 1.82) is 0 Å². The van der Waals surface area contributed by atoms with Crippen LogP contribution in [0.5, 0.6) is 0 Å². The molecular weight excluding hydrogens is 398 g/mol. The summed E-state index contributed by atoms with van der Waals surface area (Å²) in [6, 6.07) is 8.44. The molecule has 0 bridgehead atoms. The monoisotopic (exact) mass is 421 g/mol. The molecule has 1 saturated heterocycles. The predicted octanol–water partition coefficient (Wildman–Crippen LogP) is 4.28. The largest absolute Gasteiger partial charge is 0.345 e. The third-order valence-corrected chi connectivity index (χ3v) is 6.08. The molecule has 134 valence electrons. The van der Waals surface area contributed by atoms with Crippen LogP contribution in [-0.4, -0.2) is 42.0 Å². The molecule has 3 rings (SSSR count). The second-order valence-electron chi connectivity index (χ2n) is 6.47. The Hall–Kier alpha value is -1.40. The lowest BCUT2D eigenvalue weighted by molar-refractivity contribution is -0.131. The summed E-state index contributed by atoms with van der Waals surface area (Å²) in [5.74, 6) is 0.297. The van der Waals surface area contributed by atoms with E-state index in [1.807, 2.05) is 11.8 Å². The number of nitrogens with zero attached hydrogens (tertiary/aromatic N) is 3. The van der Waals surface area contributed by atoms with Crippen LogP contribution in [0, 0.1) is 6.92 Å². The molecule has 0 aliphatic carbocycles. The zero-order chi connectivity index (χ0) is 17.6. The lowest BCUT2D eigenvalue weighted by atomic mass is 10.1. The van der Waals surface area contributed by atoms with Gasteiger partial charge in [0.2, 0.25) is 5.91 Å². The number of benzene rings is 1. The van der Waals surface area contributed by atoms with Gasteiger partial charge >= 0.3 is 0 Å². The van der Waals surface area contributed by atoms with Crippen molar-refractivity contribution >= 4 is 38.3 Å².